The lowest BCUT2D eigenvalue weighted by molar-refractivity contribution is -0.155. The maximum absolute atomic E-state index is 13.3. The summed E-state index contributed by atoms with van der Waals surface area (Å²) in [6.45, 7) is 6.37. The lowest BCUT2D eigenvalue weighted by atomic mass is 9.45. The molecular weight excluding hydrogens is 284 g/mol. The molecule has 0 aromatic heterocycles. The zero-order chi connectivity index (χ0) is 16.4. The van der Waals surface area contributed by atoms with Crippen LogP contribution in [0.4, 0.5) is 0 Å². The van der Waals surface area contributed by atoms with Crippen molar-refractivity contribution in [2.45, 2.75) is 65.7 Å². The molecule has 4 rings (SSSR count). The minimum Gasteiger partial charge on any atom is -0.300 e. The van der Waals surface area contributed by atoms with Gasteiger partial charge in [0.05, 0.1) is 0 Å². The molecule has 3 saturated carbocycles. The van der Waals surface area contributed by atoms with Gasteiger partial charge in [-0.25, -0.2) is 0 Å². The van der Waals surface area contributed by atoms with Gasteiger partial charge in [0.1, 0.15) is 11.6 Å². The van der Waals surface area contributed by atoms with Crippen LogP contribution >= 0.6 is 0 Å². The van der Waals surface area contributed by atoms with E-state index in [1.165, 1.54) is 12.8 Å². The molecule has 0 aliphatic heterocycles. The molecule has 0 heterocycles. The van der Waals surface area contributed by atoms with Crippen LogP contribution in [0.15, 0.2) is 12.2 Å². The predicted octanol–water partition coefficient (Wildman–Crippen LogP) is 4.58. The maximum Gasteiger partial charge on any atom is 0.137 e. The second kappa shape index (κ2) is 5.04. The van der Waals surface area contributed by atoms with E-state index in [0.717, 1.165) is 25.7 Å². The van der Waals surface area contributed by atoms with Crippen molar-refractivity contribution >= 4 is 11.6 Å². The molecule has 4 aliphatic rings. The largest absolute Gasteiger partial charge is 0.300 e. The van der Waals surface area contributed by atoms with Crippen LogP contribution in [0, 0.1) is 40.4 Å². The number of carbonyl (C=O) groups excluding carboxylic acids is 2. The molecule has 2 heteroatoms. The molecule has 0 saturated heterocycles. The number of ketones is 2. The number of allylic oxidation sites excluding steroid dienone is 2. The van der Waals surface area contributed by atoms with E-state index in [4.69, 9.17) is 0 Å². The first-order valence-electron chi connectivity index (χ1n) is 9.56. The fourth-order valence-corrected chi connectivity index (χ4v) is 7.33. The average Bonchev–Trinajstić information content (AvgIpc) is 2.82. The summed E-state index contributed by atoms with van der Waals surface area (Å²) in [7, 11) is 0. The van der Waals surface area contributed by atoms with E-state index in [2.05, 4.69) is 26.0 Å². The Kier molecular flexibility index (Phi) is 3.42. The van der Waals surface area contributed by atoms with Crippen molar-refractivity contribution in [1.29, 1.82) is 0 Å². The number of rotatable bonds is 1. The van der Waals surface area contributed by atoms with E-state index in [-0.39, 0.29) is 22.7 Å². The van der Waals surface area contributed by atoms with E-state index in [1.54, 1.807) is 6.92 Å². The Morgan fingerprint density at radius 2 is 1.87 bits per heavy atom. The van der Waals surface area contributed by atoms with Gasteiger partial charge in [0.15, 0.2) is 0 Å². The van der Waals surface area contributed by atoms with Crippen LogP contribution in [0.2, 0.25) is 0 Å². The Bertz CT molecular complexity index is 576. The fourth-order valence-electron chi connectivity index (χ4n) is 7.33. The molecular formula is C21H30O2. The summed E-state index contributed by atoms with van der Waals surface area (Å²) < 4.78 is 0. The van der Waals surface area contributed by atoms with Gasteiger partial charge >= 0.3 is 0 Å². The fraction of sp³-hybridized carbons (Fsp3) is 0.810. The summed E-state index contributed by atoms with van der Waals surface area (Å²) in [5, 5.41) is 0. The lowest BCUT2D eigenvalue weighted by Crippen LogP contribution is -2.56. The second-order valence-corrected chi connectivity index (χ2v) is 9.33. The van der Waals surface area contributed by atoms with Crippen molar-refractivity contribution < 1.29 is 9.59 Å². The highest BCUT2D eigenvalue weighted by Gasteiger charge is 2.63. The van der Waals surface area contributed by atoms with Crippen LogP contribution < -0.4 is 0 Å². The zero-order valence-electron chi connectivity index (χ0n) is 14.8. The zero-order valence-corrected chi connectivity index (χ0v) is 14.8. The molecule has 7 atom stereocenters. The second-order valence-electron chi connectivity index (χ2n) is 9.33. The van der Waals surface area contributed by atoms with Gasteiger partial charge in [-0.3, -0.25) is 9.59 Å². The molecule has 0 bridgehead atoms. The third kappa shape index (κ3) is 1.99. The summed E-state index contributed by atoms with van der Waals surface area (Å²) in [4.78, 5) is 25.4. The monoisotopic (exact) mass is 314 g/mol. The highest BCUT2D eigenvalue weighted by atomic mass is 16.1. The first-order chi connectivity index (χ1) is 10.9. The van der Waals surface area contributed by atoms with Gasteiger partial charge < -0.3 is 0 Å². The third-order valence-electron chi connectivity index (χ3n) is 8.38. The number of carbonyl (C=O) groups is 2. The van der Waals surface area contributed by atoms with Crippen LogP contribution in [0.3, 0.4) is 0 Å². The van der Waals surface area contributed by atoms with Crippen molar-refractivity contribution in [1.82, 2.24) is 0 Å². The van der Waals surface area contributed by atoms with Gasteiger partial charge in [-0.15, -0.1) is 0 Å². The Morgan fingerprint density at radius 1 is 1.09 bits per heavy atom. The summed E-state index contributed by atoms with van der Waals surface area (Å²) in [6, 6.07) is 0. The molecule has 4 aliphatic carbocycles. The Hall–Kier alpha value is -0.920. The Morgan fingerprint density at radius 3 is 2.61 bits per heavy atom. The molecule has 0 aromatic carbocycles. The van der Waals surface area contributed by atoms with Gasteiger partial charge in [-0.2, -0.15) is 0 Å². The number of hydrogen-bond donors (Lipinski definition) is 0. The SMILES string of the molecule is CC(=O)[C@@H]1CC[C@@H]2[C@@H]3CC[C@H]4CC=CC[C@]4(C)[C@@H]3C(=O)C[C@]21C. The molecule has 0 unspecified atom stereocenters. The minimum atomic E-state index is -0.0578. The molecule has 0 amide bonds. The van der Waals surface area contributed by atoms with Crippen molar-refractivity contribution in [3.8, 4) is 0 Å². The third-order valence-corrected chi connectivity index (χ3v) is 8.38. The van der Waals surface area contributed by atoms with Gasteiger partial charge in [0.2, 0.25) is 0 Å². The van der Waals surface area contributed by atoms with Crippen LogP contribution in [-0.4, -0.2) is 11.6 Å². The average molecular weight is 314 g/mol. The lowest BCUT2D eigenvalue weighted by Gasteiger charge is -2.58. The molecule has 0 N–H and O–H groups in total. The Labute approximate surface area is 140 Å². The summed E-state index contributed by atoms with van der Waals surface area (Å²) in [6.07, 6.45) is 12.2. The number of fused-ring (bicyclic) bond motifs is 5. The highest BCUT2D eigenvalue weighted by molar-refractivity contribution is 5.87. The first-order valence-corrected chi connectivity index (χ1v) is 9.56. The standard InChI is InChI=1S/C21H30O2/c1-13(22)16-9-10-17-15-8-7-14-6-4-5-11-20(14,2)19(15)18(23)12-21(16,17)3/h4-5,14-17,19H,6-12H2,1-3H3/t14-,15+,16+,17-,19+,20+,21+/m1/s1. The first kappa shape index (κ1) is 15.6. The van der Waals surface area contributed by atoms with Crippen LogP contribution in [0.25, 0.3) is 0 Å². The van der Waals surface area contributed by atoms with E-state index in [9.17, 15) is 9.59 Å². The van der Waals surface area contributed by atoms with Crippen LogP contribution in [0.1, 0.15) is 65.7 Å². The van der Waals surface area contributed by atoms with Crippen molar-refractivity contribution in [2.24, 2.45) is 40.4 Å². The van der Waals surface area contributed by atoms with Crippen LogP contribution in [0.5, 0.6) is 0 Å². The molecule has 2 nitrogen and oxygen atoms in total. The van der Waals surface area contributed by atoms with Crippen molar-refractivity contribution in [3.05, 3.63) is 12.2 Å². The summed E-state index contributed by atoms with van der Waals surface area (Å²) in [5.41, 5.74) is 0.113. The summed E-state index contributed by atoms with van der Waals surface area (Å²) >= 11 is 0. The topological polar surface area (TPSA) is 34.1 Å². The number of Topliss-reactive ketones (excluding diaryl/α,β-unsaturated/α-hetero) is 2. The molecule has 126 valence electrons. The molecule has 3 fully saturated rings. The van der Waals surface area contributed by atoms with Gasteiger partial charge in [-0.05, 0) is 74.0 Å². The predicted molar refractivity (Wildman–Crippen MR) is 90.8 cm³/mol. The van der Waals surface area contributed by atoms with Crippen LogP contribution in [-0.2, 0) is 9.59 Å². The smallest absolute Gasteiger partial charge is 0.137 e. The van der Waals surface area contributed by atoms with E-state index in [0.29, 0.717) is 35.7 Å². The Balaban J connectivity index is 1.72. The summed E-state index contributed by atoms with van der Waals surface area (Å²) in [5.74, 6) is 2.95. The minimum absolute atomic E-state index is 0.0578. The van der Waals surface area contributed by atoms with E-state index < -0.39 is 0 Å². The number of hydrogen-bond acceptors (Lipinski definition) is 2. The molecule has 0 aromatic rings. The molecule has 23 heavy (non-hydrogen) atoms. The van der Waals surface area contributed by atoms with Gasteiger partial charge in [0.25, 0.3) is 0 Å². The van der Waals surface area contributed by atoms with Gasteiger partial charge in [-0.1, -0.05) is 26.0 Å². The normalized spacial score (nSPS) is 51.8. The molecule has 0 radical (unpaired) electrons. The van der Waals surface area contributed by atoms with Crippen molar-refractivity contribution in [2.75, 3.05) is 0 Å². The quantitative estimate of drug-likeness (QED) is 0.664. The van der Waals surface area contributed by atoms with E-state index >= 15 is 0 Å². The van der Waals surface area contributed by atoms with Gasteiger partial charge in [0, 0.05) is 18.3 Å². The van der Waals surface area contributed by atoms with Crippen molar-refractivity contribution in [3.63, 3.8) is 0 Å². The molecule has 0 spiro atoms. The highest BCUT2D eigenvalue weighted by Crippen LogP contribution is 2.65. The maximum atomic E-state index is 13.3. The van der Waals surface area contributed by atoms with E-state index in [1.807, 2.05) is 0 Å².